The molecular formula is C9H16ClNO2. The van der Waals surface area contributed by atoms with Crippen LogP contribution in [0.1, 0.15) is 12.8 Å². The van der Waals surface area contributed by atoms with Crippen LogP contribution in [0.15, 0.2) is 0 Å². The smallest absolute Gasteiger partial charge is 0.308 e. The molecule has 0 amide bonds. The summed E-state index contributed by atoms with van der Waals surface area (Å²) in [5.41, 5.74) is 0. The SMILES string of the molecule is COC(=O)C1CCN(CCCl)CC1. The minimum Gasteiger partial charge on any atom is -0.469 e. The first kappa shape index (κ1) is 10.8. The van der Waals surface area contributed by atoms with Gasteiger partial charge in [0.2, 0.25) is 0 Å². The van der Waals surface area contributed by atoms with Crippen molar-refractivity contribution in [3.05, 3.63) is 0 Å². The Balaban J connectivity index is 2.26. The van der Waals surface area contributed by atoms with Crippen molar-refractivity contribution >= 4 is 17.6 Å². The number of methoxy groups -OCH3 is 1. The number of carbonyl (C=O) groups is 1. The highest BCUT2D eigenvalue weighted by Crippen LogP contribution is 2.17. The fourth-order valence-electron chi connectivity index (χ4n) is 1.68. The number of piperidine rings is 1. The minimum absolute atomic E-state index is 0.0643. The second-order valence-corrected chi connectivity index (χ2v) is 3.71. The van der Waals surface area contributed by atoms with Gasteiger partial charge in [0.1, 0.15) is 0 Å². The molecule has 0 unspecified atom stereocenters. The maximum absolute atomic E-state index is 11.2. The lowest BCUT2D eigenvalue weighted by molar-refractivity contribution is -0.147. The summed E-state index contributed by atoms with van der Waals surface area (Å²) in [7, 11) is 1.45. The van der Waals surface area contributed by atoms with Gasteiger partial charge in [-0.1, -0.05) is 0 Å². The maximum atomic E-state index is 11.2. The summed E-state index contributed by atoms with van der Waals surface area (Å²) < 4.78 is 4.70. The predicted octanol–water partition coefficient (Wildman–Crippen LogP) is 1.11. The van der Waals surface area contributed by atoms with Crippen molar-refractivity contribution in [2.24, 2.45) is 5.92 Å². The number of rotatable bonds is 3. The summed E-state index contributed by atoms with van der Waals surface area (Å²) in [4.78, 5) is 13.4. The van der Waals surface area contributed by atoms with Crippen LogP contribution in [-0.2, 0) is 9.53 Å². The average molecular weight is 206 g/mol. The predicted molar refractivity (Wildman–Crippen MR) is 51.9 cm³/mol. The van der Waals surface area contributed by atoms with Gasteiger partial charge in [-0.25, -0.2) is 0 Å². The third-order valence-electron chi connectivity index (χ3n) is 2.52. The summed E-state index contributed by atoms with van der Waals surface area (Å²) in [5.74, 6) is 0.713. The van der Waals surface area contributed by atoms with E-state index in [9.17, 15) is 4.79 Å². The van der Waals surface area contributed by atoms with Crippen molar-refractivity contribution in [1.29, 1.82) is 0 Å². The van der Waals surface area contributed by atoms with Crippen LogP contribution in [0.25, 0.3) is 0 Å². The molecule has 0 aromatic heterocycles. The molecule has 0 atom stereocenters. The summed E-state index contributed by atoms with van der Waals surface area (Å²) in [6.07, 6.45) is 1.81. The number of nitrogens with zero attached hydrogens (tertiary/aromatic N) is 1. The Morgan fingerprint density at radius 1 is 1.54 bits per heavy atom. The Hall–Kier alpha value is -0.280. The molecule has 1 fully saturated rings. The zero-order chi connectivity index (χ0) is 9.68. The monoisotopic (exact) mass is 205 g/mol. The standard InChI is InChI=1S/C9H16ClNO2/c1-13-9(12)8-2-5-11(6-3-8)7-4-10/h8H,2-7H2,1H3. The van der Waals surface area contributed by atoms with E-state index in [-0.39, 0.29) is 11.9 Å². The summed E-state index contributed by atoms with van der Waals surface area (Å²) in [5, 5.41) is 0. The number of likely N-dealkylation sites (tertiary alicyclic amines) is 1. The highest BCUT2D eigenvalue weighted by Gasteiger charge is 2.24. The molecule has 1 saturated heterocycles. The van der Waals surface area contributed by atoms with Gasteiger partial charge in [0, 0.05) is 12.4 Å². The molecular weight excluding hydrogens is 190 g/mol. The topological polar surface area (TPSA) is 29.5 Å². The summed E-state index contributed by atoms with van der Waals surface area (Å²) >= 11 is 5.63. The van der Waals surface area contributed by atoms with E-state index >= 15 is 0 Å². The molecule has 0 N–H and O–H groups in total. The van der Waals surface area contributed by atoms with Crippen molar-refractivity contribution in [2.75, 3.05) is 32.6 Å². The lowest BCUT2D eigenvalue weighted by atomic mass is 9.97. The molecule has 0 spiro atoms. The van der Waals surface area contributed by atoms with Gasteiger partial charge in [0.05, 0.1) is 13.0 Å². The number of hydrogen-bond donors (Lipinski definition) is 0. The average Bonchev–Trinajstić information content (AvgIpc) is 2.18. The zero-order valence-electron chi connectivity index (χ0n) is 7.96. The largest absolute Gasteiger partial charge is 0.469 e. The molecule has 3 nitrogen and oxygen atoms in total. The Bertz CT molecular complexity index is 167. The van der Waals surface area contributed by atoms with E-state index in [0.29, 0.717) is 5.88 Å². The molecule has 4 heteroatoms. The van der Waals surface area contributed by atoms with E-state index in [0.717, 1.165) is 32.5 Å². The van der Waals surface area contributed by atoms with Crippen LogP contribution < -0.4 is 0 Å². The molecule has 0 radical (unpaired) electrons. The Morgan fingerprint density at radius 2 is 2.15 bits per heavy atom. The van der Waals surface area contributed by atoms with Crippen molar-refractivity contribution in [2.45, 2.75) is 12.8 Å². The molecule has 0 bridgehead atoms. The fourth-order valence-corrected chi connectivity index (χ4v) is 1.92. The lowest BCUT2D eigenvalue weighted by Crippen LogP contribution is -2.37. The zero-order valence-corrected chi connectivity index (χ0v) is 8.72. The first-order valence-electron chi connectivity index (χ1n) is 4.64. The Kier molecular flexibility index (Phi) is 4.53. The van der Waals surface area contributed by atoms with Gasteiger partial charge in [-0.3, -0.25) is 4.79 Å². The molecule has 1 aliphatic rings. The van der Waals surface area contributed by atoms with Crippen LogP contribution in [0, 0.1) is 5.92 Å². The van der Waals surface area contributed by atoms with E-state index < -0.39 is 0 Å². The second-order valence-electron chi connectivity index (χ2n) is 3.33. The quantitative estimate of drug-likeness (QED) is 0.511. The van der Waals surface area contributed by atoms with E-state index in [2.05, 4.69) is 4.90 Å². The third kappa shape index (κ3) is 3.16. The molecule has 76 valence electrons. The molecule has 1 heterocycles. The lowest BCUT2D eigenvalue weighted by Gasteiger charge is -2.29. The number of ether oxygens (including phenoxy) is 1. The maximum Gasteiger partial charge on any atom is 0.308 e. The number of alkyl halides is 1. The van der Waals surface area contributed by atoms with E-state index in [1.165, 1.54) is 7.11 Å². The summed E-state index contributed by atoms with van der Waals surface area (Å²) in [6.45, 7) is 2.86. The Morgan fingerprint density at radius 3 is 2.62 bits per heavy atom. The fraction of sp³-hybridized carbons (Fsp3) is 0.889. The van der Waals surface area contributed by atoms with Gasteiger partial charge >= 0.3 is 5.97 Å². The van der Waals surface area contributed by atoms with Gasteiger partial charge in [-0.05, 0) is 25.9 Å². The molecule has 1 rings (SSSR count). The number of carbonyl (C=O) groups excluding carboxylic acids is 1. The normalized spacial score (nSPS) is 20.2. The van der Waals surface area contributed by atoms with E-state index in [1.54, 1.807) is 0 Å². The Labute approximate surface area is 84.0 Å². The highest BCUT2D eigenvalue weighted by atomic mass is 35.5. The highest BCUT2D eigenvalue weighted by molar-refractivity contribution is 6.18. The van der Waals surface area contributed by atoms with Gasteiger partial charge in [0.25, 0.3) is 0 Å². The van der Waals surface area contributed by atoms with Crippen LogP contribution in [0.3, 0.4) is 0 Å². The van der Waals surface area contributed by atoms with E-state index in [4.69, 9.17) is 16.3 Å². The van der Waals surface area contributed by atoms with Crippen LogP contribution in [0.4, 0.5) is 0 Å². The van der Waals surface area contributed by atoms with Gasteiger partial charge in [-0.15, -0.1) is 11.6 Å². The molecule has 0 aromatic carbocycles. The van der Waals surface area contributed by atoms with E-state index in [1.807, 2.05) is 0 Å². The minimum atomic E-state index is -0.0643. The molecule has 13 heavy (non-hydrogen) atoms. The van der Waals surface area contributed by atoms with Crippen molar-refractivity contribution in [3.8, 4) is 0 Å². The third-order valence-corrected chi connectivity index (χ3v) is 2.69. The van der Waals surface area contributed by atoms with Gasteiger partial charge < -0.3 is 9.64 Å². The van der Waals surface area contributed by atoms with Crippen molar-refractivity contribution in [1.82, 2.24) is 4.90 Å². The number of halogens is 1. The number of hydrogen-bond acceptors (Lipinski definition) is 3. The second kappa shape index (κ2) is 5.45. The van der Waals surface area contributed by atoms with Crippen LogP contribution in [-0.4, -0.2) is 43.5 Å². The molecule has 1 aliphatic heterocycles. The summed E-state index contributed by atoms with van der Waals surface area (Å²) in [6, 6.07) is 0. The first-order chi connectivity index (χ1) is 6.27. The van der Waals surface area contributed by atoms with Crippen molar-refractivity contribution in [3.63, 3.8) is 0 Å². The first-order valence-corrected chi connectivity index (χ1v) is 5.17. The van der Waals surface area contributed by atoms with Gasteiger partial charge in [0.15, 0.2) is 0 Å². The number of esters is 1. The van der Waals surface area contributed by atoms with Crippen molar-refractivity contribution < 1.29 is 9.53 Å². The molecule has 0 aromatic rings. The van der Waals surface area contributed by atoms with Gasteiger partial charge in [-0.2, -0.15) is 0 Å². The molecule has 0 aliphatic carbocycles. The molecule has 0 saturated carbocycles. The van der Waals surface area contributed by atoms with Crippen LogP contribution >= 0.6 is 11.6 Å². The van der Waals surface area contributed by atoms with Crippen LogP contribution in [0.2, 0.25) is 0 Å². The van der Waals surface area contributed by atoms with Crippen LogP contribution in [0.5, 0.6) is 0 Å².